The molecule has 1 N–H and O–H groups in total. The van der Waals surface area contributed by atoms with Crippen LogP contribution in [0.15, 0.2) is 30.3 Å². The molecule has 1 saturated heterocycles. The minimum absolute atomic E-state index is 0.0308. The molecule has 6 heteroatoms. The third kappa shape index (κ3) is 4.58. The van der Waals surface area contributed by atoms with E-state index in [0.717, 1.165) is 16.8 Å². The average Bonchev–Trinajstić information content (AvgIpc) is 2.75. The first-order valence-electron chi connectivity index (χ1n) is 10.2. The first-order valence-corrected chi connectivity index (χ1v) is 10.2. The van der Waals surface area contributed by atoms with Crippen molar-refractivity contribution in [3.63, 3.8) is 0 Å². The van der Waals surface area contributed by atoms with Crippen LogP contribution in [0.1, 0.15) is 39.9 Å². The zero-order valence-corrected chi connectivity index (χ0v) is 18.4. The zero-order valence-electron chi connectivity index (χ0n) is 18.4. The second-order valence-corrected chi connectivity index (χ2v) is 7.90. The maximum Gasteiger partial charge on any atom is 0.253 e. The number of methoxy groups -OCH3 is 2. The van der Waals surface area contributed by atoms with Crippen molar-refractivity contribution >= 4 is 17.5 Å². The molecule has 1 aliphatic heterocycles. The lowest BCUT2D eigenvalue weighted by Crippen LogP contribution is -2.41. The number of benzene rings is 2. The third-order valence-corrected chi connectivity index (χ3v) is 5.71. The number of carbonyl (C=O) groups is 2. The molecule has 0 unspecified atom stereocenters. The number of piperidine rings is 1. The molecule has 0 aliphatic carbocycles. The lowest BCUT2D eigenvalue weighted by molar-refractivity contribution is -0.121. The summed E-state index contributed by atoms with van der Waals surface area (Å²) in [6.07, 6.45) is 1.30. The zero-order chi connectivity index (χ0) is 21.8. The molecular weight excluding hydrogens is 380 g/mol. The van der Waals surface area contributed by atoms with E-state index in [1.54, 1.807) is 37.3 Å². The van der Waals surface area contributed by atoms with Gasteiger partial charge in [-0.2, -0.15) is 0 Å². The summed E-state index contributed by atoms with van der Waals surface area (Å²) >= 11 is 0. The van der Waals surface area contributed by atoms with Crippen LogP contribution in [-0.4, -0.2) is 44.0 Å². The van der Waals surface area contributed by atoms with E-state index in [1.165, 1.54) is 5.56 Å². The summed E-state index contributed by atoms with van der Waals surface area (Å²) in [4.78, 5) is 27.5. The Morgan fingerprint density at radius 1 is 0.933 bits per heavy atom. The van der Waals surface area contributed by atoms with Crippen LogP contribution in [0.4, 0.5) is 5.69 Å². The van der Waals surface area contributed by atoms with Crippen LogP contribution in [0.2, 0.25) is 0 Å². The second kappa shape index (κ2) is 9.20. The smallest absolute Gasteiger partial charge is 0.253 e. The standard InChI is InChI=1S/C24H30N2O4/c1-15-12-16(2)22(17(3)13-15)25-23(27)18-8-10-26(11-9-18)24(28)19-6-7-20(29-4)21(14-19)30-5/h6-7,12-14,18H,8-11H2,1-5H3,(H,25,27). The maximum atomic E-state index is 12.9. The van der Waals surface area contributed by atoms with Crippen LogP contribution in [0.3, 0.4) is 0 Å². The van der Waals surface area contributed by atoms with Gasteiger partial charge in [0.05, 0.1) is 14.2 Å². The number of nitrogens with zero attached hydrogens (tertiary/aromatic N) is 1. The summed E-state index contributed by atoms with van der Waals surface area (Å²) in [7, 11) is 3.11. The summed E-state index contributed by atoms with van der Waals surface area (Å²) in [5, 5.41) is 3.11. The molecule has 0 atom stereocenters. The summed E-state index contributed by atoms with van der Waals surface area (Å²) in [5.74, 6) is 0.996. The molecule has 3 rings (SSSR count). The Bertz CT molecular complexity index is 923. The molecular formula is C24H30N2O4. The number of carbonyl (C=O) groups excluding carboxylic acids is 2. The molecule has 6 nitrogen and oxygen atoms in total. The van der Waals surface area contributed by atoms with Crippen molar-refractivity contribution in [2.24, 2.45) is 5.92 Å². The molecule has 0 aromatic heterocycles. The Morgan fingerprint density at radius 3 is 2.10 bits per heavy atom. The molecule has 0 bridgehead atoms. The molecule has 0 spiro atoms. The van der Waals surface area contributed by atoms with E-state index in [9.17, 15) is 9.59 Å². The van der Waals surface area contributed by atoms with Crippen LogP contribution in [0, 0.1) is 26.7 Å². The number of aryl methyl sites for hydroxylation is 3. The summed E-state index contributed by atoms with van der Waals surface area (Å²) in [6.45, 7) is 7.19. The number of nitrogens with one attached hydrogen (secondary N) is 1. The Labute approximate surface area is 178 Å². The van der Waals surface area contributed by atoms with Gasteiger partial charge in [-0.15, -0.1) is 0 Å². The quantitative estimate of drug-likeness (QED) is 0.805. The van der Waals surface area contributed by atoms with E-state index in [0.29, 0.717) is 43.0 Å². The van der Waals surface area contributed by atoms with Gasteiger partial charge in [-0.1, -0.05) is 17.7 Å². The topological polar surface area (TPSA) is 67.9 Å². The van der Waals surface area contributed by atoms with E-state index in [2.05, 4.69) is 24.4 Å². The highest BCUT2D eigenvalue weighted by molar-refractivity contribution is 5.96. The molecule has 1 heterocycles. The number of hydrogen-bond acceptors (Lipinski definition) is 4. The molecule has 2 aromatic rings. The first kappa shape index (κ1) is 21.7. The highest BCUT2D eigenvalue weighted by Crippen LogP contribution is 2.29. The second-order valence-electron chi connectivity index (χ2n) is 7.90. The molecule has 30 heavy (non-hydrogen) atoms. The number of hydrogen-bond donors (Lipinski definition) is 1. The monoisotopic (exact) mass is 410 g/mol. The summed E-state index contributed by atoms with van der Waals surface area (Å²) in [6, 6.07) is 9.33. The predicted octanol–water partition coefficient (Wildman–Crippen LogP) is 4.12. The fourth-order valence-corrected chi connectivity index (χ4v) is 4.10. The van der Waals surface area contributed by atoms with Gasteiger partial charge in [0.2, 0.25) is 5.91 Å². The lowest BCUT2D eigenvalue weighted by Gasteiger charge is -2.31. The van der Waals surface area contributed by atoms with Crippen molar-refractivity contribution in [2.45, 2.75) is 33.6 Å². The minimum Gasteiger partial charge on any atom is -0.493 e. The Hall–Kier alpha value is -3.02. The lowest BCUT2D eigenvalue weighted by atomic mass is 9.94. The fourth-order valence-electron chi connectivity index (χ4n) is 4.10. The van der Waals surface area contributed by atoms with Gasteiger partial charge in [0.25, 0.3) is 5.91 Å². The van der Waals surface area contributed by atoms with Gasteiger partial charge in [0.1, 0.15) is 0 Å². The van der Waals surface area contributed by atoms with Gasteiger partial charge in [-0.25, -0.2) is 0 Å². The maximum absolute atomic E-state index is 12.9. The summed E-state index contributed by atoms with van der Waals surface area (Å²) < 4.78 is 10.5. The fraction of sp³-hybridized carbons (Fsp3) is 0.417. The van der Waals surface area contributed by atoms with Crippen molar-refractivity contribution in [1.29, 1.82) is 0 Å². The van der Waals surface area contributed by atoms with Gasteiger partial charge in [-0.05, 0) is 62.9 Å². The van der Waals surface area contributed by atoms with Crippen molar-refractivity contribution < 1.29 is 19.1 Å². The van der Waals surface area contributed by atoms with Crippen LogP contribution in [0.25, 0.3) is 0 Å². The van der Waals surface area contributed by atoms with Crippen molar-refractivity contribution in [1.82, 2.24) is 4.90 Å². The van der Waals surface area contributed by atoms with Crippen LogP contribution >= 0.6 is 0 Å². The normalized spacial score (nSPS) is 14.4. The van der Waals surface area contributed by atoms with Gasteiger partial charge < -0.3 is 19.7 Å². The highest BCUT2D eigenvalue weighted by atomic mass is 16.5. The molecule has 0 radical (unpaired) electrons. The molecule has 2 aromatic carbocycles. The largest absolute Gasteiger partial charge is 0.493 e. The molecule has 0 saturated carbocycles. The number of likely N-dealkylation sites (tertiary alicyclic amines) is 1. The number of anilines is 1. The van der Waals surface area contributed by atoms with Crippen molar-refractivity contribution in [3.05, 3.63) is 52.6 Å². The van der Waals surface area contributed by atoms with Crippen LogP contribution < -0.4 is 14.8 Å². The molecule has 1 aliphatic rings. The summed E-state index contributed by atoms with van der Waals surface area (Å²) in [5.41, 5.74) is 4.78. The SMILES string of the molecule is COc1ccc(C(=O)N2CCC(C(=O)Nc3c(C)cc(C)cc3C)CC2)cc1OC. The van der Waals surface area contributed by atoms with E-state index < -0.39 is 0 Å². The van der Waals surface area contributed by atoms with Crippen molar-refractivity contribution in [3.8, 4) is 11.5 Å². The van der Waals surface area contributed by atoms with Gasteiger partial charge in [0.15, 0.2) is 11.5 Å². The van der Waals surface area contributed by atoms with E-state index in [1.807, 2.05) is 13.8 Å². The van der Waals surface area contributed by atoms with E-state index in [4.69, 9.17) is 9.47 Å². The van der Waals surface area contributed by atoms with E-state index >= 15 is 0 Å². The highest BCUT2D eigenvalue weighted by Gasteiger charge is 2.28. The molecule has 160 valence electrons. The van der Waals surface area contributed by atoms with Gasteiger partial charge >= 0.3 is 0 Å². The average molecular weight is 411 g/mol. The van der Waals surface area contributed by atoms with Gasteiger partial charge in [-0.3, -0.25) is 9.59 Å². The Kier molecular flexibility index (Phi) is 6.65. The van der Waals surface area contributed by atoms with Gasteiger partial charge in [0, 0.05) is 30.3 Å². The third-order valence-electron chi connectivity index (χ3n) is 5.71. The predicted molar refractivity (Wildman–Crippen MR) is 117 cm³/mol. The van der Waals surface area contributed by atoms with E-state index in [-0.39, 0.29) is 17.7 Å². The number of ether oxygens (including phenoxy) is 2. The van der Waals surface area contributed by atoms with Crippen molar-refractivity contribution in [2.75, 3.05) is 32.6 Å². The number of rotatable bonds is 5. The van der Waals surface area contributed by atoms with Crippen LogP contribution in [-0.2, 0) is 4.79 Å². The minimum atomic E-state index is -0.0976. The Balaban J connectivity index is 1.62. The van der Waals surface area contributed by atoms with Crippen LogP contribution in [0.5, 0.6) is 11.5 Å². The molecule has 2 amide bonds. The Morgan fingerprint density at radius 2 is 1.53 bits per heavy atom. The first-order chi connectivity index (χ1) is 14.3. The molecule has 1 fully saturated rings. The number of amides is 2.